The van der Waals surface area contributed by atoms with Crippen molar-refractivity contribution in [2.75, 3.05) is 5.32 Å². The van der Waals surface area contributed by atoms with Gasteiger partial charge in [-0.05, 0) is 49.6 Å². The first-order valence-electron chi connectivity index (χ1n) is 7.28. The molecule has 3 aromatic rings. The maximum atomic E-state index is 9.14. The van der Waals surface area contributed by atoms with E-state index in [9.17, 15) is 0 Å². The molecule has 0 aliphatic heterocycles. The fourth-order valence-electron chi connectivity index (χ4n) is 2.74. The highest BCUT2D eigenvalue weighted by Crippen LogP contribution is 2.21. The van der Waals surface area contributed by atoms with E-state index in [2.05, 4.69) is 48.4 Å². The van der Waals surface area contributed by atoms with Crippen LogP contribution in [0.4, 0.5) is 5.69 Å². The predicted octanol–water partition coefficient (Wildman–Crippen LogP) is 3.74. The van der Waals surface area contributed by atoms with E-state index in [1.54, 1.807) is 0 Å². The highest BCUT2D eigenvalue weighted by Gasteiger charge is 2.11. The Kier molecular flexibility index (Phi) is 3.56. The number of nitriles is 1. The first-order valence-corrected chi connectivity index (χ1v) is 7.28. The highest BCUT2D eigenvalue weighted by atomic mass is 15.1. The summed E-state index contributed by atoms with van der Waals surface area (Å²) < 4.78 is 1.95. The first-order chi connectivity index (χ1) is 10.6. The van der Waals surface area contributed by atoms with Gasteiger partial charge in [-0.1, -0.05) is 18.2 Å². The van der Waals surface area contributed by atoms with Crippen LogP contribution in [0.5, 0.6) is 0 Å². The highest BCUT2D eigenvalue weighted by molar-refractivity contribution is 5.69. The minimum atomic E-state index is 0.473. The maximum absolute atomic E-state index is 9.14. The molecule has 0 spiro atoms. The lowest BCUT2D eigenvalue weighted by Gasteiger charge is -2.12. The summed E-state index contributed by atoms with van der Waals surface area (Å²) in [5.41, 5.74) is 6.92. The Bertz CT molecular complexity index is 864. The number of hydrogen-bond acceptors (Lipinski definition) is 3. The molecule has 0 saturated carbocycles. The van der Waals surface area contributed by atoms with Crippen LogP contribution in [0.25, 0.3) is 5.65 Å². The van der Waals surface area contributed by atoms with E-state index < -0.39 is 0 Å². The Morgan fingerprint density at radius 1 is 1.14 bits per heavy atom. The van der Waals surface area contributed by atoms with E-state index in [1.807, 2.05) is 29.7 Å². The van der Waals surface area contributed by atoms with Crippen molar-refractivity contribution in [2.45, 2.75) is 27.3 Å². The van der Waals surface area contributed by atoms with Crippen molar-refractivity contribution in [2.24, 2.45) is 0 Å². The molecular weight excluding hydrogens is 272 g/mol. The van der Waals surface area contributed by atoms with Crippen LogP contribution >= 0.6 is 0 Å². The Hall–Kier alpha value is -2.80. The number of hydrogen-bond donors (Lipinski definition) is 1. The van der Waals surface area contributed by atoms with Crippen molar-refractivity contribution in [3.8, 4) is 6.07 Å². The third-order valence-corrected chi connectivity index (χ3v) is 4.09. The van der Waals surface area contributed by atoms with Crippen LogP contribution in [0.3, 0.4) is 0 Å². The van der Waals surface area contributed by atoms with Crippen molar-refractivity contribution >= 4 is 11.3 Å². The number of imidazole rings is 1. The monoisotopic (exact) mass is 290 g/mol. The van der Waals surface area contributed by atoms with Gasteiger partial charge in [0.25, 0.3) is 0 Å². The summed E-state index contributed by atoms with van der Waals surface area (Å²) in [5, 5.41) is 12.6. The smallest absolute Gasteiger partial charge is 0.162 e. The van der Waals surface area contributed by atoms with Crippen LogP contribution < -0.4 is 5.32 Å². The Balaban J connectivity index is 1.97. The molecule has 0 amide bonds. The molecule has 2 aromatic heterocycles. The normalized spacial score (nSPS) is 10.6. The molecule has 0 aliphatic rings. The summed E-state index contributed by atoms with van der Waals surface area (Å²) in [7, 11) is 0. The number of pyridine rings is 1. The Morgan fingerprint density at radius 2 is 1.86 bits per heavy atom. The molecule has 0 bridgehead atoms. The van der Waals surface area contributed by atoms with E-state index in [4.69, 9.17) is 5.26 Å². The molecular formula is C18H18N4. The largest absolute Gasteiger partial charge is 0.378 e. The van der Waals surface area contributed by atoms with Gasteiger partial charge < -0.3 is 9.72 Å². The average Bonchev–Trinajstić information content (AvgIpc) is 2.84. The van der Waals surface area contributed by atoms with Crippen molar-refractivity contribution in [3.63, 3.8) is 0 Å². The Labute approximate surface area is 130 Å². The number of rotatable bonds is 3. The predicted molar refractivity (Wildman–Crippen MR) is 87.9 cm³/mol. The molecule has 1 aromatic carbocycles. The maximum Gasteiger partial charge on any atom is 0.162 e. The number of benzene rings is 1. The second-order valence-electron chi connectivity index (χ2n) is 5.50. The molecule has 2 heterocycles. The van der Waals surface area contributed by atoms with Gasteiger partial charge >= 0.3 is 0 Å². The van der Waals surface area contributed by atoms with E-state index in [0.717, 1.165) is 23.6 Å². The van der Waals surface area contributed by atoms with E-state index in [-0.39, 0.29) is 0 Å². The zero-order valence-electron chi connectivity index (χ0n) is 13.0. The van der Waals surface area contributed by atoms with Gasteiger partial charge in [-0.25, -0.2) is 4.98 Å². The van der Waals surface area contributed by atoms with Gasteiger partial charge in [0, 0.05) is 12.7 Å². The lowest BCUT2D eigenvalue weighted by molar-refractivity contribution is 1.07. The fourth-order valence-corrected chi connectivity index (χ4v) is 2.74. The molecule has 0 atom stereocenters. The lowest BCUT2D eigenvalue weighted by Crippen LogP contribution is -2.05. The summed E-state index contributed by atoms with van der Waals surface area (Å²) in [5.74, 6) is 0. The zero-order valence-corrected chi connectivity index (χ0v) is 13.0. The minimum Gasteiger partial charge on any atom is -0.378 e. The van der Waals surface area contributed by atoms with Crippen molar-refractivity contribution in [3.05, 3.63) is 64.6 Å². The fraction of sp³-hybridized carbons (Fsp3) is 0.222. The molecule has 1 N–H and O–H groups in total. The molecule has 4 heteroatoms. The standard InChI is InChI=1S/C18H18N4/c1-12-6-4-7-13(2)15(12)11-20-16-8-5-9-22-14(3)17(10-19)21-18(16)22/h4-9,20H,11H2,1-3H3. The third-order valence-electron chi connectivity index (χ3n) is 4.09. The first kappa shape index (κ1) is 14.2. The molecule has 0 unspecified atom stereocenters. The van der Waals surface area contributed by atoms with Gasteiger partial charge in [0.15, 0.2) is 11.3 Å². The van der Waals surface area contributed by atoms with Crippen LogP contribution in [0.1, 0.15) is 28.1 Å². The molecule has 0 fully saturated rings. The lowest BCUT2D eigenvalue weighted by atomic mass is 10.0. The number of nitrogens with zero attached hydrogens (tertiary/aromatic N) is 3. The molecule has 0 aliphatic carbocycles. The van der Waals surface area contributed by atoms with Gasteiger partial charge in [0.05, 0.1) is 11.4 Å². The number of fused-ring (bicyclic) bond motifs is 1. The van der Waals surface area contributed by atoms with Gasteiger partial charge in [-0.15, -0.1) is 0 Å². The summed E-state index contributed by atoms with van der Waals surface area (Å²) in [6, 6.07) is 12.4. The quantitative estimate of drug-likeness (QED) is 0.799. The van der Waals surface area contributed by atoms with E-state index >= 15 is 0 Å². The summed E-state index contributed by atoms with van der Waals surface area (Å²) in [4.78, 5) is 4.43. The minimum absolute atomic E-state index is 0.473. The second-order valence-corrected chi connectivity index (χ2v) is 5.50. The van der Waals surface area contributed by atoms with Crippen LogP contribution in [0, 0.1) is 32.1 Å². The number of anilines is 1. The molecule has 0 saturated heterocycles. The van der Waals surface area contributed by atoms with Gasteiger partial charge in [0.2, 0.25) is 0 Å². The molecule has 22 heavy (non-hydrogen) atoms. The van der Waals surface area contributed by atoms with E-state index in [1.165, 1.54) is 16.7 Å². The Morgan fingerprint density at radius 3 is 2.55 bits per heavy atom. The topological polar surface area (TPSA) is 53.1 Å². The van der Waals surface area contributed by atoms with Crippen molar-refractivity contribution in [1.29, 1.82) is 5.26 Å². The molecule has 4 nitrogen and oxygen atoms in total. The van der Waals surface area contributed by atoms with Crippen molar-refractivity contribution < 1.29 is 0 Å². The SMILES string of the molecule is Cc1cccc(C)c1CNc1cccn2c(C)c(C#N)nc12. The van der Waals surface area contributed by atoms with Gasteiger partial charge in [-0.2, -0.15) is 5.26 Å². The number of nitrogens with one attached hydrogen (secondary N) is 1. The molecule has 110 valence electrons. The van der Waals surface area contributed by atoms with Crippen LogP contribution in [-0.4, -0.2) is 9.38 Å². The van der Waals surface area contributed by atoms with Crippen molar-refractivity contribution in [1.82, 2.24) is 9.38 Å². The molecule has 3 rings (SSSR count). The molecule has 0 radical (unpaired) electrons. The summed E-state index contributed by atoms with van der Waals surface area (Å²) in [6.07, 6.45) is 1.93. The van der Waals surface area contributed by atoms with Gasteiger partial charge in [0.1, 0.15) is 6.07 Å². The third kappa shape index (κ3) is 2.31. The zero-order chi connectivity index (χ0) is 15.7. The van der Waals surface area contributed by atoms with Gasteiger partial charge in [-0.3, -0.25) is 0 Å². The summed E-state index contributed by atoms with van der Waals surface area (Å²) in [6.45, 7) is 6.90. The number of aryl methyl sites for hydroxylation is 3. The second kappa shape index (κ2) is 5.53. The summed E-state index contributed by atoms with van der Waals surface area (Å²) >= 11 is 0. The number of aromatic nitrogens is 2. The van der Waals surface area contributed by atoms with Crippen LogP contribution in [-0.2, 0) is 6.54 Å². The van der Waals surface area contributed by atoms with E-state index in [0.29, 0.717) is 5.69 Å². The average molecular weight is 290 g/mol. The van der Waals surface area contributed by atoms with Crippen LogP contribution in [0.2, 0.25) is 0 Å². The van der Waals surface area contributed by atoms with Crippen LogP contribution in [0.15, 0.2) is 36.5 Å².